The highest BCUT2D eigenvalue weighted by Gasteiger charge is 2.50. The molecule has 0 saturated carbocycles. The molecule has 4 nitrogen and oxygen atoms in total. The molecule has 0 N–H and O–H groups in total. The van der Waals surface area contributed by atoms with Crippen molar-refractivity contribution in [3.05, 3.63) is 233 Å². The number of rotatable bonds is 11. The second-order valence-electron chi connectivity index (χ2n) is 23.2. The lowest BCUT2D eigenvalue weighted by Crippen LogP contribution is -2.37. The Kier molecular flexibility index (Phi) is 12.3. The molecule has 0 bridgehead atoms. The van der Waals surface area contributed by atoms with E-state index in [4.69, 9.17) is 9.40 Å². The van der Waals surface area contributed by atoms with Crippen LogP contribution >= 0.6 is 0 Å². The number of furan rings is 1. The van der Waals surface area contributed by atoms with Crippen LogP contribution in [0.4, 0.5) is 34.1 Å². The highest BCUT2D eigenvalue weighted by atomic mass is 28.3. The van der Waals surface area contributed by atoms with Crippen molar-refractivity contribution in [2.24, 2.45) is 0 Å². The first-order valence-corrected chi connectivity index (χ1v) is 32.4. The lowest BCUT2D eigenvalue weighted by molar-refractivity contribution is 0.590. The maximum Gasteiger partial charge on any atom is 0.145 e. The van der Waals surface area contributed by atoms with Crippen LogP contribution < -0.4 is 20.2 Å². The molecule has 1 aliphatic carbocycles. The second kappa shape index (κ2) is 18.6. The summed E-state index contributed by atoms with van der Waals surface area (Å²) in [6.45, 7) is 27.7. The minimum absolute atomic E-state index is 0.0169. The van der Waals surface area contributed by atoms with Crippen LogP contribution in [0.15, 0.2) is 193 Å². The van der Waals surface area contributed by atoms with Crippen LogP contribution in [0.1, 0.15) is 85.2 Å². The minimum Gasteiger partial charge on any atom is -0.455 e. The number of para-hydroxylation sites is 1. The molecule has 10 aromatic rings. The van der Waals surface area contributed by atoms with Crippen molar-refractivity contribution in [2.45, 2.75) is 97.9 Å². The first-order chi connectivity index (χ1) is 35.4. The Morgan fingerprint density at radius 1 is 0.595 bits per heavy atom. The summed E-state index contributed by atoms with van der Waals surface area (Å²) in [7, 11) is -2.25. The summed E-state index contributed by atoms with van der Waals surface area (Å²) in [5.41, 5.74) is 19.0. The molecule has 0 saturated heterocycles. The zero-order valence-corrected chi connectivity index (χ0v) is 47.2. The van der Waals surface area contributed by atoms with Crippen molar-refractivity contribution in [3.63, 3.8) is 0 Å². The highest BCUT2D eigenvalue weighted by molar-refractivity contribution is 6.88. The normalized spacial score (nSPS) is 14.5. The van der Waals surface area contributed by atoms with E-state index in [2.05, 4.69) is 273 Å². The molecule has 11 rings (SSSR count). The van der Waals surface area contributed by atoms with Gasteiger partial charge in [0, 0.05) is 45.6 Å². The Hall–Kier alpha value is -7.26. The third-order valence-corrected chi connectivity index (χ3v) is 19.0. The van der Waals surface area contributed by atoms with E-state index in [1.165, 1.54) is 27.1 Å². The van der Waals surface area contributed by atoms with E-state index in [9.17, 15) is 0 Å². The Morgan fingerprint density at radius 2 is 1.18 bits per heavy atom. The number of aryl methyl sites for hydroxylation is 2. The minimum atomic E-state index is -1.57. The van der Waals surface area contributed by atoms with Crippen LogP contribution in [0.25, 0.3) is 33.1 Å². The van der Waals surface area contributed by atoms with Crippen LogP contribution in [0.3, 0.4) is 0 Å². The summed E-state index contributed by atoms with van der Waals surface area (Å²) >= 11 is 0. The van der Waals surface area contributed by atoms with Gasteiger partial charge < -0.3 is 14.2 Å². The zero-order chi connectivity index (χ0) is 51.8. The van der Waals surface area contributed by atoms with Gasteiger partial charge in [0.2, 0.25) is 0 Å². The fourth-order valence-corrected chi connectivity index (χ4v) is 13.2. The second-order valence-corrected chi connectivity index (χ2v) is 30.9. The molecule has 0 amide bonds. The topological polar surface area (TPSA) is 32.5 Å². The molecule has 2 heterocycles. The van der Waals surface area contributed by atoms with E-state index in [-0.39, 0.29) is 5.41 Å². The number of hydrogen-bond donors (Lipinski definition) is 0. The van der Waals surface area contributed by atoms with Gasteiger partial charge >= 0.3 is 0 Å². The average Bonchev–Trinajstić information content (AvgIpc) is 3.91. The zero-order valence-electron chi connectivity index (χ0n) is 45.2. The van der Waals surface area contributed by atoms with E-state index in [0.29, 0.717) is 5.92 Å². The molecule has 74 heavy (non-hydrogen) atoms. The Morgan fingerprint density at radius 3 is 1.77 bits per heavy atom. The van der Waals surface area contributed by atoms with Gasteiger partial charge in [-0.2, -0.15) is 0 Å². The number of nitrogens with zero attached hydrogens (tertiary/aromatic N) is 3. The maximum atomic E-state index is 7.36. The molecule has 369 valence electrons. The first-order valence-electron chi connectivity index (χ1n) is 26.4. The van der Waals surface area contributed by atoms with Crippen molar-refractivity contribution in [2.75, 3.05) is 9.80 Å². The van der Waals surface area contributed by atoms with E-state index in [1.807, 2.05) is 6.20 Å². The fourth-order valence-electron chi connectivity index (χ4n) is 11.2. The maximum absolute atomic E-state index is 7.36. The first kappa shape index (κ1) is 49.0. The molecule has 0 aliphatic heterocycles. The van der Waals surface area contributed by atoms with Gasteiger partial charge in [-0.05, 0) is 143 Å². The molecule has 1 unspecified atom stereocenters. The smallest absolute Gasteiger partial charge is 0.145 e. The van der Waals surface area contributed by atoms with Crippen molar-refractivity contribution >= 4 is 83.3 Å². The summed E-state index contributed by atoms with van der Waals surface area (Å²) in [6.07, 6.45) is 2.04. The van der Waals surface area contributed by atoms with Crippen LogP contribution in [0.5, 0.6) is 0 Å². The third kappa shape index (κ3) is 8.42. The molecule has 8 aromatic carbocycles. The molecule has 0 fully saturated rings. The van der Waals surface area contributed by atoms with Crippen molar-refractivity contribution in [3.8, 4) is 11.1 Å². The Bertz CT molecular complexity index is 3520. The molecule has 0 spiro atoms. The number of anilines is 6. The summed E-state index contributed by atoms with van der Waals surface area (Å²) < 4.78 is 7.36. The number of pyridine rings is 1. The number of fused-ring (bicyclic) bond motifs is 7. The van der Waals surface area contributed by atoms with Crippen LogP contribution in [-0.2, 0) is 10.8 Å². The summed E-state index contributed by atoms with van der Waals surface area (Å²) in [4.78, 5) is 10.4. The molecular weight excluding hydrogens is 931 g/mol. The third-order valence-electron chi connectivity index (χ3n) is 15.5. The van der Waals surface area contributed by atoms with Gasteiger partial charge in [-0.15, -0.1) is 0 Å². The fraction of sp³-hybridized carbons (Fsp3) is 0.221. The summed E-state index contributed by atoms with van der Waals surface area (Å²) in [6, 6.07) is 69.0. The van der Waals surface area contributed by atoms with Crippen LogP contribution in [0.2, 0.25) is 32.7 Å². The van der Waals surface area contributed by atoms with E-state index >= 15 is 0 Å². The quantitative estimate of drug-likeness (QED) is 0.121. The van der Waals surface area contributed by atoms with Gasteiger partial charge in [-0.25, -0.2) is 0 Å². The summed E-state index contributed by atoms with van der Waals surface area (Å²) in [5, 5.41) is 5.01. The van der Waals surface area contributed by atoms with Gasteiger partial charge in [0.1, 0.15) is 11.2 Å². The van der Waals surface area contributed by atoms with Gasteiger partial charge in [-0.1, -0.05) is 186 Å². The van der Waals surface area contributed by atoms with Crippen molar-refractivity contribution in [1.82, 2.24) is 4.98 Å². The number of hydrogen-bond acceptors (Lipinski definition) is 4. The van der Waals surface area contributed by atoms with E-state index in [0.717, 1.165) is 95.1 Å². The molecular formula is C68H68N3OSi2. The van der Waals surface area contributed by atoms with E-state index in [1.54, 1.807) is 0 Å². The largest absolute Gasteiger partial charge is 0.455 e. The Balaban J connectivity index is 1.26. The summed E-state index contributed by atoms with van der Waals surface area (Å²) in [5.74, 6) is 0.403. The van der Waals surface area contributed by atoms with Crippen molar-refractivity contribution < 1.29 is 4.42 Å². The lowest BCUT2D eigenvalue weighted by Gasteiger charge is -2.35. The van der Waals surface area contributed by atoms with Gasteiger partial charge in [0.25, 0.3) is 0 Å². The Labute approximate surface area is 442 Å². The molecule has 1 radical (unpaired) electrons. The molecule has 6 heteroatoms. The van der Waals surface area contributed by atoms with Crippen molar-refractivity contribution in [1.29, 1.82) is 0 Å². The standard InChI is InChI=1S/C68H68N3OSi2/c1-44(2)47-20-26-52(27-21-47)71(53-30-35-55(36-31-53)73(8)9)61-42-60-64(66-65(61)58-15-13-14-16-62(58)72-66)57-39-34-54(41-59(57)68(60,49-22-17-45(3)18-23-49)63-40-19-46(4)43-69-63)70(50-28-24-48(25-29-50)67(5,6)7)51-32-37-56(38-33-51)74(10,11)12/h13-44H,1-12H3. The monoisotopic (exact) mass is 998 g/mol. The predicted molar refractivity (Wildman–Crippen MR) is 321 cm³/mol. The van der Waals surface area contributed by atoms with E-state index < -0.39 is 22.3 Å². The van der Waals surface area contributed by atoms with Gasteiger partial charge in [0.15, 0.2) is 0 Å². The molecule has 2 aromatic heterocycles. The van der Waals surface area contributed by atoms with Gasteiger partial charge in [0.05, 0.1) is 39.1 Å². The number of benzene rings is 8. The lowest BCUT2D eigenvalue weighted by atomic mass is 9.69. The number of aromatic nitrogens is 1. The average molecular weight is 999 g/mol. The van der Waals surface area contributed by atoms with Gasteiger partial charge in [-0.3, -0.25) is 4.98 Å². The highest BCUT2D eigenvalue weighted by Crippen LogP contribution is 2.61. The molecule has 1 aliphatic rings. The predicted octanol–water partition coefficient (Wildman–Crippen LogP) is 17.8. The molecule has 1 atom stereocenters. The van der Waals surface area contributed by atoms with Crippen LogP contribution in [0, 0.1) is 13.8 Å². The van der Waals surface area contributed by atoms with Crippen LogP contribution in [-0.4, -0.2) is 21.9 Å². The SMILES string of the molecule is Cc1ccc(C2(c3ccc(C)cn3)c3cc(N(c4ccc(C(C)(C)C)cc4)c4ccc([Si](C)(C)C)cc4)ccc3-c3c2cc(N(c2ccc(C(C)C)cc2)c2ccc([Si](C)C)cc2)c2c3oc3ccccc32)cc1.